The van der Waals surface area contributed by atoms with Gasteiger partial charge in [-0.05, 0) is 17.7 Å². The molecule has 0 spiro atoms. The second kappa shape index (κ2) is 6.60. The molecule has 21 heavy (non-hydrogen) atoms. The van der Waals surface area contributed by atoms with Crippen LogP contribution in [0.2, 0.25) is 0 Å². The van der Waals surface area contributed by atoms with Gasteiger partial charge in [0.25, 0.3) is 5.91 Å². The number of hydrogen-bond donors (Lipinski definition) is 2. The van der Waals surface area contributed by atoms with Crippen molar-refractivity contribution in [2.24, 2.45) is 5.73 Å². The number of carbonyl (C=O) groups is 2. The maximum Gasteiger partial charge on any atom is 0.253 e. The van der Waals surface area contributed by atoms with Crippen LogP contribution < -0.4 is 11.1 Å². The van der Waals surface area contributed by atoms with Crippen LogP contribution in [0.3, 0.4) is 0 Å². The summed E-state index contributed by atoms with van der Waals surface area (Å²) >= 11 is 0. The van der Waals surface area contributed by atoms with Crippen molar-refractivity contribution in [2.75, 3.05) is 0 Å². The summed E-state index contributed by atoms with van der Waals surface area (Å²) in [6.45, 7) is 0. The smallest absolute Gasteiger partial charge is 0.253 e. The third kappa shape index (κ3) is 4.10. The molecule has 0 saturated heterocycles. The Kier molecular flexibility index (Phi) is 4.61. The lowest BCUT2D eigenvalue weighted by Gasteiger charge is -2.17. The monoisotopic (exact) mass is 287 g/mol. The van der Waals surface area contributed by atoms with Gasteiger partial charge in [0.15, 0.2) is 0 Å². The molecule has 0 bridgehead atoms. The topological polar surface area (TPSA) is 85.1 Å². The molecular weight excluding hydrogens is 273 g/mol. The third-order valence-corrected chi connectivity index (χ3v) is 2.90. The SMILES string of the molecule is NC(=O)CC(NC(=O)c1ccc(F)nc1)c1ccccc1. The number of pyridine rings is 1. The summed E-state index contributed by atoms with van der Waals surface area (Å²) in [5, 5.41) is 2.70. The van der Waals surface area contributed by atoms with Crippen LogP contribution in [0.5, 0.6) is 0 Å². The van der Waals surface area contributed by atoms with Crippen LogP contribution in [-0.4, -0.2) is 16.8 Å². The average Bonchev–Trinajstić information content (AvgIpc) is 2.47. The van der Waals surface area contributed by atoms with E-state index >= 15 is 0 Å². The number of rotatable bonds is 5. The van der Waals surface area contributed by atoms with Crippen molar-refractivity contribution in [3.63, 3.8) is 0 Å². The first-order valence-corrected chi connectivity index (χ1v) is 6.32. The van der Waals surface area contributed by atoms with Crippen molar-refractivity contribution in [1.29, 1.82) is 0 Å². The highest BCUT2D eigenvalue weighted by atomic mass is 19.1. The number of aromatic nitrogens is 1. The summed E-state index contributed by atoms with van der Waals surface area (Å²) in [6.07, 6.45) is 1.11. The normalized spacial score (nSPS) is 11.7. The Labute approximate surface area is 121 Å². The Morgan fingerprint density at radius 3 is 2.48 bits per heavy atom. The highest BCUT2D eigenvalue weighted by Gasteiger charge is 2.18. The van der Waals surface area contributed by atoms with Gasteiger partial charge in [0.2, 0.25) is 11.9 Å². The molecule has 1 aromatic heterocycles. The fourth-order valence-corrected chi connectivity index (χ4v) is 1.89. The van der Waals surface area contributed by atoms with E-state index in [1.165, 1.54) is 6.07 Å². The van der Waals surface area contributed by atoms with E-state index in [-0.39, 0.29) is 12.0 Å². The first kappa shape index (κ1) is 14.6. The van der Waals surface area contributed by atoms with E-state index in [4.69, 9.17) is 5.73 Å². The Hall–Kier alpha value is -2.76. The molecule has 2 amide bonds. The predicted molar refractivity (Wildman–Crippen MR) is 74.7 cm³/mol. The van der Waals surface area contributed by atoms with Gasteiger partial charge in [-0.3, -0.25) is 9.59 Å². The van der Waals surface area contributed by atoms with Crippen LogP contribution in [0.15, 0.2) is 48.7 Å². The zero-order valence-electron chi connectivity index (χ0n) is 11.1. The van der Waals surface area contributed by atoms with E-state index in [9.17, 15) is 14.0 Å². The summed E-state index contributed by atoms with van der Waals surface area (Å²) in [6, 6.07) is 10.9. The van der Waals surface area contributed by atoms with Crippen molar-refractivity contribution in [1.82, 2.24) is 10.3 Å². The van der Waals surface area contributed by atoms with Crippen LogP contribution >= 0.6 is 0 Å². The van der Waals surface area contributed by atoms with E-state index in [1.807, 2.05) is 6.07 Å². The van der Waals surface area contributed by atoms with Crippen molar-refractivity contribution in [2.45, 2.75) is 12.5 Å². The van der Waals surface area contributed by atoms with Crippen LogP contribution in [0.4, 0.5) is 4.39 Å². The van der Waals surface area contributed by atoms with Crippen LogP contribution in [0.1, 0.15) is 28.4 Å². The number of nitrogens with one attached hydrogen (secondary N) is 1. The maximum absolute atomic E-state index is 12.7. The predicted octanol–water partition coefficient (Wildman–Crippen LogP) is 1.57. The van der Waals surface area contributed by atoms with Crippen LogP contribution in [0, 0.1) is 5.95 Å². The Morgan fingerprint density at radius 1 is 1.19 bits per heavy atom. The van der Waals surface area contributed by atoms with Crippen LogP contribution in [-0.2, 0) is 4.79 Å². The molecule has 1 unspecified atom stereocenters. The van der Waals surface area contributed by atoms with Crippen molar-refractivity contribution >= 4 is 11.8 Å². The number of nitrogens with zero attached hydrogens (tertiary/aromatic N) is 1. The summed E-state index contributed by atoms with van der Waals surface area (Å²) in [5.41, 5.74) is 6.19. The summed E-state index contributed by atoms with van der Waals surface area (Å²) in [5.74, 6) is -1.64. The Morgan fingerprint density at radius 2 is 1.90 bits per heavy atom. The first-order valence-electron chi connectivity index (χ1n) is 6.32. The van der Waals surface area contributed by atoms with Gasteiger partial charge in [0.05, 0.1) is 18.0 Å². The van der Waals surface area contributed by atoms with Crippen molar-refractivity contribution in [3.8, 4) is 0 Å². The minimum absolute atomic E-state index is 0.0234. The number of hydrogen-bond acceptors (Lipinski definition) is 3. The average molecular weight is 287 g/mol. The summed E-state index contributed by atoms with van der Waals surface area (Å²) in [4.78, 5) is 26.7. The van der Waals surface area contributed by atoms with E-state index < -0.39 is 23.8 Å². The number of benzene rings is 1. The van der Waals surface area contributed by atoms with Gasteiger partial charge in [-0.1, -0.05) is 30.3 Å². The van der Waals surface area contributed by atoms with E-state index in [0.29, 0.717) is 0 Å². The second-order valence-electron chi connectivity index (χ2n) is 4.48. The standard InChI is InChI=1S/C15H14FN3O2/c16-13-7-6-11(9-18-13)15(21)19-12(8-14(17)20)10-4-2-1-3-5-10/h1-7,9,12H,8H2,(H2,17,20)(H,19,21). The molecule has 3 N–H and O–H groups in total. The molecule has 1 aromatic carbocycles. The molecule has 5 nitrogen and oxygen atoms in total. The molecule has 0 aliphatic heterocycles. The molecule has 0 aliphatic carbocycles. The highest BCUT2D eigenvalue weighted by molar-refractivity contribution is 5.94. The van der Waals surface area contributed by atoms with Gasteiger partial charge in [-0.15, -0.1) is 0 Å². The minimum Gasteiger partial charge on any atom is -0.370 e. The lowest BCUT2D eigenvalue weighted by molar-refractivity contribution is -0.118. The number of carbonyl (C=O) groups excluding carboxylic acids is 2. The third-order valence-electron chi connectivity index (χ3n) is 2.90. The van der Waals surface area contributed by atoms with E-state index in [2.05, 4.69) is 10.3 Å². The Balaban J connectivity index is 2.17. The quantitative estimate of drug-likeness (QED) is 0.818. The minimum atomic E-state index is -0.664. The lowest BCUT2D eigenvalue weighted by Crippen LogP contribution is -2.31. The number of halogens is 1. The molecule has 0 fully saturated rings. The molecule has 1 heterocycles. The zero-order valence-corrected chi connectivity index (χ0v) is 11.1. The van der Waals surface area contributed by atoms with E-state index in [0.717, 1.165) is 17.8 Å². The first-order chi connectivity index (χ1) is 10.1. The molecular formula is C15H14FN3O2. The largest absolute Gasteiger partial charge is 0.370 e. The van der Waals surface area contributed by atoms with Gasteiger partial charge in [-0.25, -0.2) is 4.98 Å². The molecule has 1 atom stereocenters. The highest BCUT2D eigenvalue weighted by Crippen LogP contribution is 2.17. The molecule has 0 aliphatic rings. The number of primary amides is 1. The maximum atomic E-state index is 12.7. The molecule has 2 aromatic rings. The Bertz CT molecular complexity index is 629. The second-order valence-corrected chi connectivity index (χ2v) is 4.48. The van der Waals surface area contributed by atoms with Gasteiger partial charge in [0, 0.05) is 6.20 Å². The van der Waals surface area contributed by atoms with Gasteiger partial charge in [0.1, 0.15) is 0 Å². The van der Waals surface area contributed by atoms with Gasteiger partial charge >= 0.3 is 0 Å². The molecule has 0 radical (unpaired) electrons. The fraction of sp³-hybridized carbons (Fsp3) is 0.133. The zero-order chi connectivity index (χ0) is 15.2. The van der Waals surface area contributed by atoms with Crippen molar-refractivity contribution in [3.05, 3.63) is 65.7 Å². The van der Waals surface area contributed by atoms with E-state index in [1.54, 1.807) is 24.3 Å². The van der Waals surface area contributed by atoms with Crippen molar-refractivity contribution < 1.29 is 14.0 Å². The molecule has 108 valence electrons. The van der Waals surface area contributed by atoms with Crippen LogP contribution in [0.25, 0.3) is 0 Å². The number of amides is 2. The van der Waals surface area contributed by atoms with Gasteiger partial charge < -0.3 is 11.1 Å². The fourth-order valence-electron chi connectivity index (χ4n) is 1.89. The lowest BCUT2D eigenvalue weighted by atomic mass is 10.0. The molecule has 2 rings (SSSR count). The molecule has 6 heteroatoms. The summed E-state index contributed by atoms with van der Waals surface area (Å²) < 4.78 is 12.7. The molecule has 0 saturated carbocycles. The summed E-state index contributed by atoms with van der Waals surface area (Å²) in [7, 11) is 0. The number of nitrogens with two attached hydrogens (primary N) is 1. The van der Waals surface area contributed by atoms with Gasteiger partial charge in [-0.2, -0.15) is 4.39 Å².